The molecule has 0 radical (unpaired) electrons. The van der Waals surface area contributed by atoms with Crippen LogP contribution >= 0.6 is 0 Å². The monoisotopic (exact) mass is 517 g/mol. The molecule has 1 fully saturated rings. The largest absolute Gasteiger partial charge is 0.508 e. The smallest absolute Gasteiger partial charge is 0.338 e. The maximum absolute atomic E-state index is 13.5. The maximum atomic E-state index is 13.5. The first-order chi connectivity index (χ1) is 18.2. The fraction of sp³-hybridized carbons (Fsp3) is 0.207. The lowest BCUT2D eigenvalue weighted by molar-refractivity contribution is -0.132. The van der Waals surface area contributed by atoms with E-state index >= 15 is 0 Å². The molecule has 1 aliphatic heterocycles. The second kappa shape index (κ2) is 10.7. The third-order valence-corrected chi connectivity index (χ3v) is 6.02. The first-order valence-corrected chi connectivity index (χ1v) is 11.8. The summed E-state index contributed by atoms with van der Waals surface area (Å²) in [6.07, 6.45) is -0.352. The summed E-state index contributed by atoms with van der Waals surface area (Å²) in [4.78, 5) is 40.7. The summed E-state index contributed by atoms with van der Waals surface area (Å²) < 4.78 is 15.9. The van der Waals surface area contributed by atoms with E-state index in [9.17, 15) is 24.6 Å². The summed E-state index contributed by atoms with van der Waals surface area (Å²) in [6.45, 7) is 3.44. The van der Waals surface area contributed by atoms with E-state index in [0.717, 1.165) is 0 Å². The Balaban J connectivity index is 1.93. The van der Waals surface area contributed by atoms with Crippen molar-refractivity contribution in [3.63, 3.8) is 0 Å². The first kappa shape index (κ1) is 26.3. The molecule has 0 spiro atoms. The predicted octanol–water partition coefficient (Wildman–Crippen LogP) is 4.60. The number of anilines is 1. The lowest BCUT2D eigenvalue weighted by Gasteiger charge is -2.26. The molecule has 196 valence electrons. The van der Waals surface area contributed by atoms with Crippen molar-refractivity contribution in [2.45, 2.75) is 26.0 Å². The Morgan fingerprint density at radius 1 is 0.947 bits per heavy atom. The summed E-state index contributed by atoms with van der Waals surface area (Å²) in [5, 5.41) is 21.3. The number of aromatic hydroxyl groups is 1. The van der Waals surface area contributed by atoms with Crippen molar-refractivity contribution in [2.75, 3.05) is 19.1 Å². The Morgan fingerprint density at radius 3 is 2.29 bits per heavy atom. The Hall–Kier alpha value is -4.79. The van der Waals surface area contributed by atoms with Crippen molar-refractivity contribution in [1.29, 1.82) is 0 Å². The molecule has 1 amide bonds. The molecule has 9 heteroatoms. The van der Waals surface area contributed by atoms with E-state index in [1.165, 1.54) is 43.4 Å². The van der Waals surface area contributed by atoms with Crippen LogP contribution in [0.25, 0.3) is 5.76 Å². The molecule has 1 atom stereocenters. The van der Waals surface area contributed by atoms with Crippen LogP contribution in [-0.2, 0) is 14.3 Å². The van der Waals surface area contributed by atoms with Gasteiger partial charge in [-0.25, -0.2) is 4.79 Å². The van der Waals surface area contributed by atoms with Crippen LogP contribution in [0, 0.1) is 0 Å². The minimum absolute atomic E-state index is 0.0152. The standard InChI is InChI=1S/C29H27NO8/c1-16(2)38-29(35)18-6-5-7-19(14-18)30-25(17-8-10-20(31)11-9-17)24(27(33)28(30)34)26(32)22-15-21(36-3)12-13-23(22)37-4/h5-16,25,31-32H,1-4H3/b26-24+. The van der Waals surface area contributed by atoms with E-state index in [1.54, 1.807) is 56.3 Å². The van der Waals surface area contributed by atoms with Crippen LogP contribution < -0.4 is 14.4 Å². The number of rotatable bonds is 7. The molecule has 0 aliphatic carbocycles. The zero-order valence-electron chi connectivity index (χ0n) is 21.3. The van der Waals surface area contributed by atoms with Gasteiger partial charge < -0.3 is 24.4 Å². The number of carbonyl (C=O) groups is 3. The van der Waals surface area contributed by atoms with Gasteiger partial charge in [0.15, 0.2) is 0 Å². The van der Waals surface area contributed by atoms with E-state index in [1.807, 2.05) is 0 Å². The van der Waals surface area contributed by atoms with Gasteiger partial charge in [0.2, 0.25) is 0 Å². The number of aliphatic hydroxyl groups excluding tert-OH is 1. The Kier molecular flexibility index (Phi) is 7.38. The highest BCUT2D eigenvalue weighted by Crippen LogP contribution is 2.44. The number of esters is 1. The number of methoxy groups -OCH3 is 2. The molecule has 0 aromatic heterocycles. The van der Waals surface area contributed by atoms with E-state index in [-0.39, 0.29) is 40.0 Å². The van der Waals surface area contributed by atoms with Gasteiger partial charge in [-0.3, -0.25) is 14.5 Å². The maximum Gasteiger partial charge on any atom is 0.338 e. The average Bonchev–Trinajstić information content (AvgIpc) is 3.18. The molecule has 9 nitrogen and oxygen atoms in total. The lowest BCUT2D eigenvalue weighted by atomic mass is 9.94. The van der Waals surface area contributed by atoms with Crippen LogP contribution in [0.15, 0.2) is 72.3 Å². The Morgan fingerprint density at radius 2 is 1.66 bits per heavy atom. The number of ketones is 1. The molecule has 1 saturated heterocycles. The number of hydrogen-bond acceptors (Lipinski definition) is 8. The second-order valence-electron chi connectivity index (χ2n) is 8.83. The van der Waals surface area contributed by atoms with Crippen LogP contribution in [0.2, 0.25) is 0 Å². The van der Waals surface area contributed by atoms with Crippen molar-refractivity contribution in [3.8, 4) is 17.2 Å². The van der Waals surface area contributed by atoms with Gasteiger partial charge >= 0.3 is 5.97 Å². The number of carbonyl (C=O) groups excluding carboxylic acids is 3. The Labute approximate surface area is 219 Å². The lowest BCUT2D eigenvalue weighted by Crippen LogP contribution is -2.29. The van der Waals surface area contributed by atoms with Crippen molar-refractivity contribution < 1.29 is 38.8 Å². The molecule has 1 unspecified atom stereocenters. The van der Waals surface area contributed by atoms with Crippen molar-refractivity contribution >= 4 is 29.1 Å². The first-order valence-electron chi connectivity index (χ1n) is 11.8. The molecule has 4 rings (SSSR count). The highest BCUT2D eigenvalue weighted by molar-refractivity contribution is 6.51. The number of nitrogens with zero attached hydrogens (tertiary/aromatic N) is 1. The highest BCUT2D eigenvalue weighted by atomic mass is 16.5. The summed E-state index contributed by atoms with van der Waals surface area (Å²) in [7, 11) is 2.87. The zero-order chi connectivity index (χ0) is 27.6. The molecule has 38 heavy (non-hydrogen) atoms. The van der Waals surface area contributed by atoms with E-state index in [0.29, 0.717) is 11.3 Å². The SMILES string of the molecule is COc1ccc(OC)c(/C(O)=C2\C(=O)C(=O)N(c3cccc(C(=O)OC(C)C)c3)C2c2ccc(O)cc2)c1. The fourth-order valence-corrected chi connectivity index (χ4v) is 4.28. The van der Waals surface area contributed by atoms with Crippen LogP contribution in [0.1, 0.15) is 41.4 Å². The van der Waals surface area contributed by atoms with Gasteiger partial charge in [-0.2, -0.15) is 0 Å². The van der Waals surface area contributed by atoms with Gasteiger partial charge in [-0.15, -0.1) is 0 Å². The molecule has 3 aromatic carbocycles. The van der Waals surface area contributed by atoms with Crippen LogP contribution in [0.5, 0.6) is 17.2 Å². The molecule has 1 aliphatic rings. The van der Waals surface area contributed by atoms with Crippen LogP contribution in [0.3, 0.4) is 0 Å². The topological polar surface area (TPSA) is 123 Å². The summed E-state index contributed by atoms with van der Waals surface area (Å²) in [6, 6.07) is 15.7. The number of hydrogen-bond donors (Lipinski definition) is 2. The number of benzene rings is 3. The fourth-order valence-electron chi connectivity index (χ4n) is 4.28. The molecular formula is C29H27NO8. The minimum Gasteiger partial charge on any atom is -0.508 e. The number of phenols is 1. The third-order valence-electron chi connectivity index (χ3n) is 6.02. The number of ether oxygens (including phenoxy) is 3. The summed E-state index contributed by atoms with van der Waals surface area (Å²) in [5.41, 5.74) is 0.850. The number of amides is 1. The van der Waals surface area contributed by atoms with Crippen molar-refractivity contribution in [1.82, 2.24) is 0 Å². The van der Waals surface area contributed by atoms with Crippen LogP contribution in [-0.4, -0.2) is 48.2 Å². The molecule has 1 heterocycles. The zero-order valence-corrected chi connectivity index (χ0v) is 21.3. The molecular weight excluding hydrogens is 490 g/mol. The third kappa shape index (κ3) is 4.90. The van der Waals surface area contributed by atoms with Crippen molar-refractivity contribution in [2.24, 2.45) is 0 Å². The highest BCUT2D eigenvalue weighted by Gasteiger charge is 2.47. The second-order valence-corrected chi connectivity index (χ2v) is 8.83. The van der Waals surface area contributed by atoms with Crippen LogP contribution in [0.4, 0.5) is 5.69 Å². The molecule has 2 N–H and O–H groups in total. The van der Waals surface area contributed by atoms with E-state index < -0.39 is 29.5 Å². The Bertz CT molecular complexity index is 1420. The van der Waals surface area contributed by atoms with Gasteiger partial charge in [0, 0.05) is 5.69 Å². The molecule has 0 saturated carbocycles. The number of phenolic OH excluding ortho intramolecular Hbond substituents is 1. The number of aliphatic hydroxyl groups is 1. The quantitative estimate of drug-likeness (QED) is 0.202. The van der Waals surface area contributed by atoms with E-state index in [2.05, 4.69) is 0 Å². The molecule has 0 bridgehead atoms. The van der Waals surface area contributed by atoms with Gasteiger partial charge in [0.05, 0.1) is 43.1 Å². The van der Waals surface area contributed by atoms with Gasteiger partial charge in [-0.05, 0) is 67.9 Å². The van der Waals surface area contributed by atoms with Gasteiger partial charge in [-0.1, -0.05) is 18.2 Å². The van der Waals surface area contributed by atoms with Crippen molar-refractivity contribution in [3.05, 3.63) is 89.0 Å². The minimum atomic E-state index is -1.08. The normalized spacial score (nSPS) is 16.6. The number of Topliss-reactive ketones (excluding diaryl/α,β-unsaturated/α-hetero) is 1. The van der Waals surface area contributed by atoms with Gasteiger partial charge in [0.25, 0.3) is 11.7 Å². The van der Waals surface area contributed by atoms with E-state index in [4.69, 9.17) is 14.2 Å². The average molecular weight is 518 g/mol. The predicted molar refractivity (Wildman–Crippen MR) is 139 cm³/mol. The van der Waals surface area contributed by atoms with Gasteiger partial charge in [0.1, 0.15) is 23.0 Å². The molecule has 3 aromatic rings. The summed E-state index contributed by atoms with van der Waals surface area (Å²) in [5.74, 6) is -2.23. The summed E-state index contributed by atoms with van der Waals surface area (Å²) >= 11 is 0.